The maximum atomic E-state index is 14.3. The predicted molar refractivity (Wildman–Crippen MR) is 126 cm³/mol. The van der Waals surface area contributed by atoms with Crippen molar-refractivity contribution < 1.29 is 9.18 Å². The van der Waals surface area contributed by atoms with Crippen LogP contribution in [0.25, 0.3) is 5.69 Å². The predicted octanol–water partition coefficient (Wildman–Crippen LogP) is 4.33. The van der Waals surface area contributed by atoms with Gasteiger partial charge in [0.15, 0.2) is 5.69 Å². The van der Waals surface area contributed by atoms with Gasteiger partial charge >= 0.3 is 0 Å². The zero-order chi connectivity index (χ0) is 23.1. The summed E-state index contributed by atoms with van der Waals surface area (Å²) in [4.78, 5) is 19.6. The van der Waals surface area contributed by atoms with Crippen molar-refractivity contribution in [2.24, 2.45) is 5.92 Å². The second-order valence-electron chi connectivity index (χ2n) is 9.14. The fourth-order valence-electron chi connectivity index (χ4n) is 5.01. The molecule has 1 unspecified atom stereocenters. The number of nitrogens with zero attached hydrogens (tertiary/aromatic N) is 4. The van der Waals surface area contributed by atoms with Crippen LogP contribution in [-0.4, -0.2) is 33.9 Å². The van der Waals surface area contributed by atoms with Crippen LogP contribution in [-0.2, 0) is 6.54 Å². The number of fused-ring (bicyclic) bond motifs is 1. The Morgan fingerprint density at radius 1 is 1.24 bits per heavy atom. The molecule has 0 spiro atoms. The van der Waals surface area contributed by atoms with Crippen molar-refractivity contribution in [3.05, 3.63) is 65.0 Å². The fourth-order valence-corrected chi connectivity index (χ4v) is 5.01. The first-order chi connectivity index (χ1) is 15.9. The van der Waals surface area contributed by atoms with Crippen LogP contribution in [0.4, 0.5) is 15.8 Å². The minimum Gasteiger partial charge on any atom is -0.363 e. The molecule has 8 heteroatoms. The summed E-state index contributed by atoms with van der Waals surface area (Å²) in [5.74, 6) is -0.0765. The normalized spacial score (nSPS) is 17.8. The summed E-state index contributed by atoms with van der Waals surface area (Å²) in [7, 11) is 2.02. The van der Waals surface area contributed by atoms with Crippen LogP contribution < -0.4 is 15.5 Å². The van der Waals surface area contributed by atoms with Crippen LogP contribution in [0.2, 0.25) is 0 Å². The van der Waals surface area contributed by atoms with Gasteiger partial charge in [-0.2, -0.15) is 5.10 Å². The SMILES string of the molecule is Cc1cn(-c2cc(F)cc(CNC(=O)c3nccc4c3N(C)C(C3CCCC3)N4)c2)nc1C. The molecule has 2 N–H and O–H groups in total. The van der Waals surface area contributed by atoms with Gasteiger partial charge in [0, 0.05) is 26.0 Å². The Morgan fingerprint density at radius 2 is 2.03 bits per heavy atom. The molecule has 1 fully saturated rings. The van der Waals surface area contributed by atoms with E-state index < -0.39 is 0 Å². The van der Waals surface area contributed by atoms with Crippen LogP contribution >= 0.6 is 0 Å². The van der Waals surface area contributed by atoms with E-state index >= 15 is 0 Å². The number of halogens is 1. The van der Waals surface area contributed by atoms with Gasteiger partial charge in [-0.1, -0.05) is 12.8 Å². The van der Waals surface area contributed by atoms with Crippen LogP contribution in [0.3, 0.4) is 0 Å². The standard InChI is InChI=1S/C25H29FN6O/c1-15-14-32(30-16(15)2)20-11-17(10-19(26)12-20)13-28-25(33)22-23-21(8-9-27-22)29-24(31(23)3)18-6-4-5-7-18/h8-12,14,18,24,29H,4-7,13H2,1-3H3,(H,28,33). The minimum atomic E-state index is -0.371. The van der Waals surface area contributed by atoms with E-state index in [1.807, 2.05) is 39.2 Å². The van der Waals surface area contributed by atoms with Gasteiger partial charge in [-0.05, 0) is 68.0 Å². The number of hydrogen-bond donors (Lipinski definition) is 2. The van der Waals surface area contributed by atoms with Gasteiger partial charge in [0.25, 0.3) is 5.91 Å². The van der Waals surface area contributed by atoms with Crippen molar-refractivity contribution in [3.63, 3.8) is 0 Å². The number of pyridine rings is 1. The van der Waals surface area contributed by atoms with E-state index in [0.29, 0.717) is 22.9 Å². The number of hydrogen-bond acceptors (Lipinski definition) is 5. The van der Waals surface area contributed by atoms with E-state index in [2.05, 4.69) is 25.6 Å². The molecule has 3 heterocycles. The lowest BCUT2D eigenvalue weighted by molar-refractivity contribution is 0.0946. The Kier molecular flexibility index (Phi) is 5.52. The first kappa shape index (κ1) is 21.4. The van der Waals surface area contributed by atoms with Gasteiger partial charge in [0.1, 0.15) is 12.0 Å². The average molecular weight is 449 g/mol. The number of benzene rings is 1. The van der Waals surface area contributed by atoms with Crippen molar-refractivity contribution in [1.29, 1.82) is 0 Å². The zero-order valence-electron chi connectivity index (χ0n) is 19.2. The molecular weight excluding hydrogens is 419 g/mol. The third-order valence-corrected chi connectivity index (χ3v) is 6.86. The van der Waals surface area contributed by atoms with Gasteiger partial charge in [-0.3, -0.25) is 4.79 Å². The highest BCUT2D eigenvalue weighted by atomic mass is 19.1. The molecule has 2 aliphatic rings. The van der Waals surface area contributed by atoms with E-state index in [1.165, 1.54) is 37.8 Å². The molecule has 7 nitrogen and oxygen atoms in total. The molecule has 1 aromatic carbocycles. The lowest BCUT2D eigenvalue weighted by Gasteiger charge is -2.28. The van der Waals surface area contributed by atoms with E-state index in [1.54, 1.807) is 10.9 Å². The van der Waals surface area contributed by atoms with Gasteiger partial charge in [-0.15, -0.1) is 0 Å². The monoisotopic (exact) mass is 448 g/mol. The summed E-state index contributed by atoms with van der Waals surface area (Å²) in [5.41, 5.74) is 5.36. The Bertz CT molecular complexity index is 1180. The lowest BCUT2D eigenvalue weighted by atomic mass is 10.0. The van der Waals surface area contributed by atoms with Crippen LogP contribution in [0, 0.1) is 25.6 Å². The molecule has 1 atom stereocenters. The Labute approximate surface area is 193 Å². The molecule has 2 aromatic heterocycles. The molecule has 1 aliphatic heterocycles. The maximum Gasteiger partial charge on any atom is 0.272 e. The zero-order valence-corrected chi connectivity index (χ0v) is 19.2. The molecule has 1 amide bonds. The maximum absolute atomic E-state index is 14.3. The Hall–Kier alpha value is -3.42. The average Bonchev–Trinajstić information content (AvgIpc) is 3.52. The van der Waals surface area contributed by atoms with Crippen molar-refractivity contribution >= 4 is 17.3 Å². The van der Waals surface area contributed by atoms with Crippen LogP contribution in [0.5, 0.6) is 0 Å². The molecular formula is C25H29FN6O. The van der Waals surface area contributed by atoms with Crippen molar-refractivity contribution in [2.75, 3.05) is 17.3 Å². The molecule has 33 heavy (non-hydrogen) atoms. The highest BCUT2D eigenvalue weighted by molar-refractivity contribution is 6.01. The summed E-state index contributed by atoms with van der Waals surface area (Å²) in [6.07, 6.45) is 8.62. The van der Waals surface area contributed by atoms with E-state index in [9.17, 15) is 9.18 Å². The summed E-state index contributed by atoms with van der Waals surface area (Å²) >= 11 is 0. The highest BCUT2D eigenvalue weighted by Crippen LogP contribution is 2.41. The lowest BCUT2D eigenvalue weighted by Crippen LogP contribution is -2.39. The van der Waals surface area contributed by atoms with Gasteiger partial charge in [0.05, 0.1) is 22.8 Å². The number of anilines is 2. The van der Waals surface area contributed by atoms with E-state index in [0.717, 1.165) is 22.6 Å². The summed E-state index contributed by atoms with van der Waals surface area (Å²) < 4.78 is 16.0. The molecule has 3 aromatic rings. The number of aryl methyl sites for hydroxylation is 2. The molecule has 0 bridgehead atoms. The summed E-state index contributed by atoms with van der Waals surface area (Å²) in [6.45, 7) is 4.08. The second kappa shape index (κ2) is 8.50. The molecule has 5 rings (SSSR count). The van der Waals surface area contributed by atoms with E-state index in [4.69, 9.17) is 0 Å². The van der Waals surface area contributed by atoms with Gasteiger partial charge in [-0.25, -0.2) is 14.1 Å². The van der Waals surface area contributed by atoms with Gasteiger partial charge in [0.2, 0.25) is 0 Å². The van der Waals surface area contributed by atoms with Gasteiger partial charge < -0.3 is 15.5 Å². The molecule has 1 saturated carbocycles. The quantitative estimate of drug-likeness (QED) is 0.608. The van der Waals surface area contributed by atoms with Crippen molar-refractivity contribution in [3.8, 4) is 5.69 Å². The third kappa shape index (κ3) is 4.05. The number of aromatic nitrogens is 3. The molecule has 0 saturated heterocycles. The molecule has 1 aliphatic carbocycles. The topological polar surface area (TPSA) is 75.1 Å². The van der Waals surface area contributed by atoms with Crippen molar-refractivity contribution in [2.45, 2.75) is 52.2 Å². The number of carbonyl (C=O) groups is 1. The summed E-state index contributed by atoms with van der Waals surface area (Å²) in [5, 5.41) is 10.9. The number of nitrogens with one attached hydrogen (secondary N) is 2. The van der Waals surface area contributed by atoms with E-state index in [-0.39, 0.29) is 24.4 Å². The first-order valence-electron chi connectivity index (χ1n) is 11.5. The van der Waals surface area contributed by atoms with Crippen LogP contribution in [0.15, 0.2) is 36.7 Å². The third-order valence-electron chi connectivity index (χ3n) is 6.86. The Morgan fingerprint density at radius 3 is 2.76 bits per heavy atom. The summed E-state index contributed by atoms with van der Waals surface area (Å²) in [6, 6.07) is 6.62. The highest BCUT2D eigenvalue weighted by Gasteiger charge is 2.36. The first-order valence-corrected chi connectivity index (χ1v) is 11.5. The smallest absolute Gasteiger partial charge is 0.272 e. The molecule has 172 valence electrons. The number of carbonyl (C=O) groups excluding carboxylic acids is 1. The second-order valence-corrected chi connectivity index (χ2v) is 9.14. The number of amides is 1. The number of rotatable bonds is 5. The largest absolute Gasteiger partial charge is 0.363 e. The van der Waals surface area contributed by atoms with Crippen LogP contribution in [0.1, 0.15) is 53.0 Å². The Balaban J connectivity index is 1.33. The molecule has 0 radical (unpaired) electrons. The minimum absolute atomic E-state index is 0.185. The van der Waals surface area contributed by atoms with Crippen molar-refractivity contribution in [1.82, 2.24) is 20.1 Å². The fraction of sp³-hybridized carbons (Fsp3) is 0.400.